The van der Waals surface area contributed by atoms with E-state index < -0.39 is 5.97 Å². The second kappa shape index (κ2) is 9.15. The zero-order valence-electron chi connectivity index (χ0n) is 14.0. The summed E-state index contributed by atoms with van der Waals surface area (Å²) in [7, 11) is 1.48. The van der Waals surface area contributed by atoms with Gasteiger partial charge in [0, 0.05) is 25.0 Å². The second-order valence-corrected chi connectivity index (χ2v) is 5.81. The molecule has 0 radical (unpaired) electrons. The van der Waals surface area contributed by atoms with Crippen molar-refractivity contribution in [3.8, 4) is 17.2 Å². The van der Waals surface area contributed by atoms with Gasteiger partial charge in [-0.2, -0.15) is 0 Å². The maximum atomic E-state index is 12.3. The first-order valence-electron chi connectivity index (χ1n) is 8.34. The third-order valence-corrected chi connectivity index (χ3v) is 3.94. The molecular weight excluding hydrogens is 312 g/mol. The van der Waals surface area contributed by atoms with E-state index in [-0.39, 0.29) is 29.5 Å². The lowest BCUT2D eigenvalue weighted by Crippen LogP contribution is -2.10. The molecule has 1 aliphatic rings. The average Bonchev–Trinajstić information content (AvgIpc) is 2.56. The van der Waals surface area contributed by atoms with Crippen molar-refractivity contribution in [3.05, 3.63) is 17.7 Å². The number of carbonyl (C=O) groups is 2. The molecule has 1 aromatic rings. The van der Waals surface area contributed by atoms with Gasteiger partial charge in [0.15, 0.2) is 0 Å². The van der Waals surface area contributed by atoms with Gasteiger partial charge in [0.05, 0.1) is 20.3 Å². The number of rotatable bonds is 1. The molecule has 0 fully saturated rings. The number of Topliss-reactive ketones (excluding diaryl/α,β-unsaturated/α-hetero) is 1. The number of aromatic hydroxyl groups is 1. The van der Waals surface area contributed by atoms with E-state index in [9.17, 15) is 14.7 Å². The summed E-state index contributed by atoms with van der Waals surface area (Å²) in [5.74, 6) is 0.0494. The molecule has 1 aromatic carbocycles. The minimum Gasteiger partial charge on any atom is -0.507 e. The normalized spacial score (nSPS) is 17.7. The Hall–Kier alpha value is -2.24. The van der Waals surface area contributed by atoms with Crippen LogP contribution in [0.3, 0.4) is 0 Å². The van der Waals surface area contributed by atoms with Crippen LogP contribution in [0.5, 0.6) is 17.2 Å². The fourth-order valence-electron chi connectivity index (χ4n) is 2.58. The van der Waals surface area contributed by atoms with Crippen molar-refractivity contribution in [2.24, 2.45) is 0 Å². The highest BCUT2D eigenvalue weighted by Crippen LogP contribution is 2.34. The molecule has 1 N–H and O–H groups in total. The van der Waals surface area contributed by atoms with E-state index in [4.69, 9.17) is 14.2 Å². The van der Waals surface area contributed by atoms with Crippen molar-refractivity contribution >= 4 is 11.8 Å². The van der Waals surface area contributed by atoms with Crippen LogP contribution in [0.25, 0.3) is 0 Å². The molecule has 0 atom stereocenters. The number of benzene rings is 1. The molecule has 0 amide bonds. The van der Waals surface area contributed by atoms with Crippen LogP contribution in [-0.4, -0.2) is 37.2 Å². The van der Waals surface area contributed by atoms with E-state index in [1.54, 1.807) is 6.07 Å². The van der Waals surface area contributed by atoms with Gasteiger partial charge in [-0.25, -0.2) is 4.79 Å². The zero-order chi connectivity index (χ0) is 17.4. The Morgan fingerprint density at radius 3 is 2.38 bits per heavy atom. The molecule has 0 bridgehead atoms. The lowest BCUT2D eigenvalue weighted by atomic mass is 10.1. The number of esters is 1. The number of hydrogen-bond donors (Lipinski definition) is 1. The van der Waals surface area contributed by atoms with Crippen molar-refractivity contribution in [1.82, 2.24) is 0 Å². The third-order valence-electron chi connectivity index (χ3n) is 3.94. The first-order chi connectivity index (χ1) is 11.6. The minimum atomic E-state index is -0.633. The van der Waals surface area contributed by atoms with Gasteiger partial charge in [0.1, 0.15) is 28.6 Å². The van der Waals surface area contributed by atoms with Gasteiger partial charge < -0.3 is 19.3 Å². The summed E-state index contributed by atoms with van der Waals surface area (Å²) in [4.78, 5) is 24.0. The topological polar surface area (TPSA) is 82.1 Å². The first kappa shape index (κ1) is 18.1. The minimum absolute atomic E-state index is 0.0155. The molecule has 0 aliphatic carbocycles. The zero-order valence-corrected chi connectivity index (χ0v) is 14.0. The maximum Gasteiger partial charge on any atom is 0.345 e. The number of fused-ring (bicyclic) bond motifs is 1. The summed E-state index contributed by atoms with van der Waals surface area (Å²) in [6.07, 6.45) is 4.90. The standard InChI is InChI=1S/C18H24O6/c1-22-14-11-15(20)17-16(12-14)23-9-5-2-3-7-13(19)8-4-6-10-24-18(17)21/h11-12,20H,2-10H2,1H3. The van der Waals surface area contributed by atoms with Crippen LogP contribution in [0.4, 0.5) is 0 Å². The van der Waals surface area contributed by atoms with E-state index >= 15 is 0 Å². The van der Waals surface area contributed by atoms with Crippen molar-refractivity contribution in [1.29, 1.82) is 0 Å². The molecule has 6 nitrogen and oxygen atoms in total. The number of phenols is 1. The second-order valence-electron chi connectivity index (χ2n) is 5.81. The average molecular weight is 336 g/mol. The molecule has 1 heterocycles. The van der Waals surface area contributed by atoms with E-state index in [1.807, 2.05) is 0 Å². The molecule has 0 spiro atoms. The van der Waals surface area contributed by atoms with Crippen LogP contribution in [-0.2, 0) is 9.53 Å². The van der Waals surface area contributed by atoms with E-state index in [0.717, 1.165) is 19.3 Å². The highest BCUT2D eigenvalue weighted by molar-refractivity contribution is 5.96. The van der Waals surface area contributed by atoms with Crippen LogP contribution in [0.2, 0.25) is 0 Å². The predicted octanol–water partition coefficient (Wildman–Crippen LogP) is 3.25. The lowest BCUT2D eigenvalue weighted by molar-refractivity contribution is -0.119. The number of methoxy groups -OCH3 is 1. The third kappa shape index (κ3) is 5.15. The quantitative estimate of drug-likeness (QED) is 0.793. The maximum absolute atomic E-state index is 12.3. The van der Waals surface area contributed by atoms with E-state index in [2.05, 4.69) is 0 Å². The van der Waals surface area contributed by atoms with Crippen LogP contribution in [0, 0.1) is 0 Å². The number of ketones is 1. The summed E-state index contributed by atoms with van der Waals surface area (Å²) >= 11 is 0. The van der Waals surface area contributed by atoms with Crippen LogP contribution < -0.4 is 9.47 Å². The van der Waals surface area contributed by atoms with Gasteiger partial charge in [0.2, 0.25) is 0 Å². The fraction of sp³-hybridized carbons (Fsp3) is 0.556. The van der Waals surface area contributed by atoms with E-state index in [0.29, 0.717) is 38.0 Å². The molecule has 24 heavy (non-hydrogen) atoms. The number of carbonyl (C=O) groups excluding carboxylic acids is 2. The Morgan fingerprint density at radius 2 is 1.62 bits per heavy atom. The molecule has 1 aliphatic heterocycles. The predicted molar refractivity (Wildman–Crippen MR) is 87.8 cm³/mol. The van der Waals surface area contributed by atoms with Crippen LogP contribution >= 0.6 is 0 Å². The molecular formula is C18H24O6. The number of cyclic esters (lactones) is 1. The van der Waals surface area contributed by atoms with Gasteiger partial charge in [-0.05, 0) is 32.1 Å². The van der Waals surface area contributed by atoms with Crippen molar-refractivity contribution in [2.45, 2.75) is 44.9 Å². The summed E-state index contributed by atoms with van der Waals surface area (Å²) in [6.45, 7) is 0.595. The van der Waals surface area contributed by atoms with Crippen molar-refractivity contribution in [2.75, 3.05) is 20.3 Å². The SMILES string of the molecule is COc1cc(O)c2c(c1)OCCCCCC(=O)CCCCOC2=O. The summed E-state index contributed by atoms with van der Waals surface area (Å²) in [5, 5.41) is 10.1. The van der Waals surface area contributed by atoms with E-state index in [1.165, 1.54) is 13.2 Å². The molecule has 2 rings (SSSR count). The Kier molecular flexibility index (Phi) is 6.90. The Labute approximate surface area is 141 Å². The fourth-order valence-corrected chi connectivity index (χ4v) is 2.58. The monoisotopic (exact) mass is 336 g/mol. The largest absolute Gasteiger partial charge is 0.507 e. The molecule has 0 unspecified atom stereocenters. The van der Waals surface area contributed by atoms with Gasteiger partial charge in [-0.1, -0.05) is 0 Å². The van der Waals surface area contributed by atoms with Crippen molar-refractivity contribution in [3.63, 3.8) is 0 Å². The summed E-state index contributed by atoms with van der Waals surface area (Å²) in [5.41, 5.74) is 0.0155. The van der Waals surface area contributed by atoms with Gasteiger partial charge in [-0.3, -0.25) is 4.79 Å². The molecule has 0 aromatic heterocycles. The number of ether oxygens (including phenoxy) is 3. The lowest BCUT2D eigenvalue weighted by Gasteiger charge is -2.14. The smallest absolute Gasteiger partial charge is 0.345 e. The first-order valence-corrected chi connectivity index (χ1v) is 8.34. The van der Waals surface area contributed by atoms with Crippen LogP contribution in [0.1, 0.15) is 55.3 Å². The number of phenolic OH excluding ortho intramolecular Hbond substituents is 1. The summed E-state index contributed by atoms with van der Waals surface area (Å²) < 4.78 is 16.0. The Bertz CT molecular complexity index is 581. The molecule has 0 saturated heterocycles. The molecule has 0 saturated carbocycles. The highest BCUT2D eigenvalue weighted by Gasteiger charge is 2.21. The molecule has 6 heteroatoms. The number of hydrogen-bond acceptors (Lipinski definition) is 6. The molecule has 132 valence electrons. The summed E-state index contributed by atoms with van der Waals surface area (Å²) in [6, 6.07) is 2.92. The highest BCUT2D eigenvalue weighted by atomic mass is 16.5. The van der Waals surface area contributed by atoms with Gasteiger partial charge >= 0.3 is 5.97 Å². The van der Waals surface area contributed by atoms with Gasteiger partial charge in [-0.15, -0.1) is 0 Å². The Morgan fingerprint density at radius 1 is 0.958 bits per heavy atom. The van der Waals surface area contributed by atoms with Crippen molar-refractivity contribution < 1.29 is 28.9 Å². The van der Waals surface area contributed by atoms with Crippen LogP contribution in [0.15, 0.2) is 12.1 Å². The Balaban J connectivity index is 2.16. The van der Waals surface area contributed by atoms with Gasteiger partial charge in [0.25, 0.3) is 0 Å².